The maximum absolute atomic E-state index is 11.8. The van der Waals surface area contributed by atoms with Gasteiger partial charge >= 0.3 is 5.97 Å². The van der Waals surface area contributed by atoms with Gasteiger partial charge in [0.05, 0.1) is 5.69 Å². The minimum atomic E-state index is -0.858. The lowest BCUT2D eigenvalue weighted by molar-refractivity contribution is -0.150. The van der Waals surface area contributed by atoms with Crippen molar-refractivity contribution in [2.75, 3.05) is 26.3 Å². The van der Waals surface area contributed by atoms with Gasteiger partial charge in [-0.15, -0.1) is 0 Å². The van der Waals surface area contributed by atoms with Gasteiger partial charge in [0.2, 0.25) is 0 Å². The quantitative estimate of drug-likeness (QED) is 0.299. The highest BCUT2D eigenvalue weighted by molar-refractivity contribution is 5.90. The van der Waals surface area contributed by atoms with Crippen LogP contribution in [-0.2, 0) is 20.9 Å². The third kappa shape index (κ3) is 5.83. The van der Waals surface area contributed by atoms with Crippen LogP contribution < -0.4 is 10.8 Å². The van der Waals surface area contributed by atoms with Crippen LogP contribution in [0.4, 0.5) is 0 Å². The van der Waals surface area contributed by atoms with Gasteiger partial charge in [0.25, 0.3) is 5.91 Å². The second-order valence-electron chi connectivity index (χ2n) is 7.59. The summed E-state index contributed by atoms with van der Waals surface area (Å²) < 4.78 is 5.33. The third-order valence-corrected chi connectivity index (χ3v) is 5.59. The van der Waals surface area contributed by atoms with E-state index in [9.17, 15) is 14.7 Å². The van der Waals surface area contributed by atoms with Crippen molar-refractivity contribution in [1.29, 1.82) is 0 Å². The lowest BCUT2D eigenvalue weighted by Crippen LogP contribution is -2.60. The molecule has 0 bridgehead atoms. The fourth-order valence-corrected chi connectivity index (χ4v) is 3.83. The number of nitrogens with zero attached hydrogens (tertiary/aromatic N) is 2. The number of nitrogens with one attached hydrogen (secondary N) is 2. The highest BCUT2D eigenvalue weighted by Gasteiger charge is 2.42. The zero-order valence-electron chi connectivity index (χ0n) is 16.3. The minimum Gasteiger partial charge on any atom is -0.480 e. The summed E-state index contributed by atoms with van der Waals surface area (Å²) in [4.78, 5) is 29.6. The van der Waals surface area contributed by atoms with Crippen LogP contribution in [0.15, 0.2) is 24.4 Å². The maximum Gasteiger partial charge on any atom is 0.324 e. The Morgan fingerprint density at radius 2 is 2.00 bits per heavy atom. The van der Waals surface area contributed by atoms with Crippen molar-refractivity contribution in [3.8, 4) is 0 Å². The summed E-state index contributed by atoms with van der Waals surface area (Å²) in [6, 6.07) is 3.99. The Morgan fingerprint density at radius 1 is 1.28 bits per heavy atom. The molecule has 29 heavy (non-hydrogen) atoms. The Hall–Kier alpha value is -2.33. The highest BCUT2D eigenvalue weighted by Crippen LogP contribution is 2.24. The molecule has 9 heteroatoms. The van der Waals surface area contributed by atoms with Gasteiger partial charge in [-0.25, -0.2) is 5.48 Å². The van der Waals surface area contributed by atoms with E-state index in [2.05, 4.69) is 15.2 Å². The number of ether oxygens (including phenoxy) is 1. The lowest BCUT2D eigenvalue weighted by atomic mass is 9.88. The van der Waals surface area contributed by atoms with Gasteiger partial charge in [0, 0.05) is 51.2 Å². The standard InChI is InChI=1S/C20H28N4O5/c25-18(23-28)4-2-15-1-3-17(21-13-15)14-24-9-5-16(6-10-24)22-20(19(26)27)7-11-29-12-8-20/h1-4,13,16,22,28H,5-12,14H2,(H,23,25)(H,26,27). The van der Waals surface area contributed by atoms with E-state index < -0.39 is 17.4 Å². The number of likely N-dealkylation sites (tertiary alicyclic amines) is 1. The molecule has 0 atom stereocenters. The SMILES string of the molecule is O=C(C=Cc1ccc(CN2CCC(NC3(C(=O)O)CCOCC3)CC2)nc1)NO. The second kappa shape index (κ2) is 9.93. The number of carboxylic acids is 1. The smallest absolute Gasteiger partial charge is 0.324 e. The molecule has 0 saturated carbocycles. The minimum absolute atomic E-state index is 0.193. The molecule has 0 aromatic carbocycles. The number of carbonyl (C=O) groups excluding carboxylic acids is 1. The number of amides is 1. The van der Waals surface area contributed by atoms with Gasteiger partial charge in [-0.05, 0) is 43.4 Å². The van der Waals surface area contributed by atoms with Gasteiger partial charge in [-0.2, -0.15) is 0 Å². The number of carbonyl (C=O) groups is 2. The molecule has 2 saturated heterocycles. The monoisotopic (exact) mass is 404 g/mol. The highest BCUT2D eigenvalue weighted by atomic mass is 16.5. The van der Waals surface area contributed by atoms with Gasteiger partial charge in [0.1, 0.15) is 5.54 Å². The van der Waals surface area contributed by atoms with Crippen molar-refractivity contribution in [2.24, 2.45) is 0 Å². The summed E-state index contributed by atoms with van der Waals surface area (Å²) in [5.41, 5.74) is 2.39. The number of hydrogen-bond acceptors (Lipinski definition) is 7. The van der Waals surface area contributed by atoms with Gasteiger partial charge in [-0.1, -0.05) is 6.07 Å². The number of hydrogen-bond donors (Lipinski definition) is 4. The Labute approximate surface area is 169 Å². The molecule has 0 radical (unpaired) electrons. The van der Waals surface area contributed by atoms with Crippen LogP contribution in [0.1, 0.15) is 36.9 Å². The fourth-order valence-electron chi connectivity index (χ4n) is 3.83. The molecular formula is C20H28N4O5. The topological polar surface area (TPSA) is 124 Å². The van der Waals surface area contributed by atoms with Crippen molar-refractivity contribution < 1.29 is 24.6 Å². The number of carboxylic acid groups (broad SMARTS) is 1. The number of hydroxylamine groups is 1. The summed E-state index contributed by atoms with van der Waals surface area (Å²) in [5, 5.41) is 21.6. The molecule has 3 rings (SSSR count). The van der Waals surface area contributed by atoms with E-state index in [1.807, 2.05) is 12.1 Å². The van der Waals surface area contributed by atoms with E-state index in [0.29, 0.717) is 26.1 Å². The Morgan fingerprint density at radius 3 is 2.59 bits per heavy atom. The van der Waals surface area contributed by atoms with E-state index in [4.69, 9.17) is 9.94 Å². The van der Waals surface area contributed by atoms with Crippen LogP contribution in [0.5, 0.6) is 0 Å². The number of piperidine rings is 1. The fraction of sp³-hybridized carbons (Fsp3) is 0.550. The van der Waals surface area contributed by atoms with Crippen molar-refractivity contribution in [3.05, 3.63) is 35.7 Å². The molecule has 0 unspecified atom stereocenters. The molecule has 0 spiro atoms. The van der Waals surface area contributed by atoms with Crippen LogP contribution in [0, 0.1) is 0 Å². The Kier molecular flexibility index (Phi) is 7.32. The predicted molar refractivity (Wildman–Crippen MR) is 105 cm³/mol. The first-order valence-electron chi connectivity index (χ1n) is 9.89. The molecule has 0 aliphatic carbocycles. The normalized spacial score (nSPS) is 20.6. The molecule has 2 aliphatic heterocycles. The molecule has 9 nitrogen and oxygen atoms in total. The summed E-state index contributed by atoms with van der Waals surface area (Å²) in [6.45, 7) is 3.46. The summed E-state index contributed by atoms with van der Waals surface area (Å²) in [7, 11) is 0. The molecule has 1 aromatic rings. The molecule has 2 aliphatic rings. The number of aromatic nitrogens is 1. The molecule has 2 fully saturated rings. The van der Waals surface area contributed by atoms with Crippen LogP contribution in [-0.4, -0.2) is 70.0 Å². The van der Waals surface area contributed by atoms with Gasteiger partial charge in [0.15, 0.2) is 0 Å². The summed E-state index contributed by atoms with van der Waals surface area (Å²) in [6.07, 6.45) is 7.30. The van der Waals surface area contributed by atoms with Crippen molar-refractivity contribution in [1.82, 2.24) is 20.7 Å². The molecule has 4 N–H and O–H groups in total. The molecule has 1 amide bonds. The first-order valence-corrected chi connectivity index (χ1v) is 9.89. The molecule has 158 valence electrons. The third-order valence-electron chi connectivity index (χ3n) is 5.59. The van der Waals surface area contributed by atoms with Crippen LogP contribution >= 0.6 is 0 Å². The number of aliphatic carboxylic acids is 1. The average molecular weight is 404 g/mol. The largest absolute Gasteiger partial charge is 0.480 e. The Balaban J connectivity index is 1.48. The van der Waals surface area contributed by atoms with Crippen molar-refractivity contribution in [2.45, 2.75) is 43.8 Å². The summed E-state index contributed by atoms with van der Waals surface area (Å²) in [5.74, 6) is -1.37. The average Bonchev–Trinajstić information content (AvgIpc) is 2.75. The molecular weight excluding hydrogens is 376 g/mol. The number of pyridine rings is 1. The van der Waals surface area contributed by atoms with Gasteiger partial charge < -0.3 is 9.84 Å². The van der Waals surface area contributed by atoms with Crippen molar-refractivity contribution in [3.63, 3.8) is 0 Å². The van der Waals surface area contributed by atoms with E-state index >= 15 is 0 Å². The maximum atomic E-state index is 11.8. The van der Waals surface area contributed by atoms with Gasteiger partial charge in [-0.3, -0.25) is 30.0 Å². The van der Waals surface area contributed by atoms with E-state index in [-0.39, 0.29) is 6.04 Å². The lowest BCUT2D eigenvalue weighted by Gasteiger charge is -2.40. The van der Waals surface area contributed by atoms with E-state index in [1.54, 1.807) is 17.8 Å². The number of rotatable bonds is 7. The van der Waals surface area contributed by atoms with E-state index in [1.165, 1.54) is 6.08 Å². The second-order valence-corrected chi connectivity index (χ2v) is 7.59. The zero-order valence-corrected chi connectivity index (χ0v) is 16.3. The molecule has 3 heterocycles. The van der Waals surface area contributed by atoms with E-state index in [0.717, 1.165) is 43.7 Å². The first kappa shape index (κ1) is 21.4. The zero-order chi connectivity index (χ0) is 20.7. The van der Waals surface area contributed by atoms with Crippen LogP contribution in [0.3, 0.4) is 0 Å². The Bertz CT molecular complexity index is 723. The predicted octanol–water partition coefficient (Wildman–Crippen LogP) is 0.788. The summed E-state index contributed by atoms with van der Waals surface area (Å²) >= 11 is 0. The first-order chi connectivity index (χ1) is 14.0. The van der Waals surface area contributed by atoms with Crippen LogP contribution in [0.2, 0.25) is 0 Å². The van der Waals surface area contributed by atoms with Crippen LogP contribution in [0.25, 0.3) is 6.08 Å². The molecule has 1 aromatic heterocycles. The van der Waals surface area contributed by atoms with Crippen molar-refractivity contribution >= 4 is 18.0 Å².